The number of halogens is 2. The smallest absolute Gasteiger partial charge is 0.0621 e. The normalized spacial score (nSPS) is 13.0. The van der Waals surface area contributed by atoms with Gasteiger partial charge in [-0.05, 0) is 36.8 Å². The van der Waals surface area contributed by atoms with Crippen molar-refractivity contribution in [1.82, 2.24) is 4.98 Å². The van der Waals surface area contributed by atoms with Crippen LogP contribution in [0.3, 0.4) is 0 Å². The predicted octanol–water partition coefficient (Wildman–Crippen LogP) is 5.10. The molecule has 1 rings (SSSR count). The quantitative estimate of drug-likeness (QED) is 0.630. The Balaban J connectivity index is 2.62. The molecule has 1 atom stereocenters. The molecule has 0 aliphatic heterocycles. The highest BCUT2D eigenvalue weighted by Crippen LogP contribution is 2.27. The maximum absolute atomic E-state index is 6.53. The van der Waals surface area contributed by atoms with Crippen LogP contribution in [0.15, 0.2) is 18.5 Å². The van der Waals surface area contributed by atoms with Crippen molar-refractivity contribution in [3.63, 3.8) is 0 Å². The van der Waals surface area contributed by atoms with Crippen LogP contribution in [0.25, 0.3) is 0 Å². The minimum Gasteiger partial charge on any atom is -0.263 e. The summed E-state index contributed by atoms with van der Waals surface area (Å²) < 4.78 is 0. The fourth-order valence-electron chi connectivity index (χ4n) is 2.19. The van der Waals surface area contributed by atoms with E-state index in [0.29, 0.717) is 5.92 Å². The summed E-state index contributed by atoms with van der Waals surface area (Å²) in [6.07, 6.45) is 9.09. The molecule has 0 spiro atoms. The molecule has 1 aromatic heterocycles. The highest BCUT2D eigenvalue weighted by atomic mass is 35.5. The fourth-order valence-corrected chi connectivity index (χ4v) is 2.81. The molecular weight excluding hydrogens is 253 g/mol. The summed E-state index contributed by atoms with van der Waals surface area (Å²) in [6, 6.07) is 1.96. The Morgan fingerprint density at radius 2 is 1.88 bits per heavy atom. The van der Waals surface area contributed by atoms with E-state index in [1.807, 2.05) is 6.07 Å². The molecule has 1 heterocycles. The van der Waals surface area contributed by atoms with Crippen molar-refractivity contribution in [3.8, 4) is 0 Å². The van der Waals surface area contributed by atoms with Crippen LogP contribution in [0.1, 0.15) is 45.1 Å². The lowest BCUT2D eigenvalue weighted by Gasteiger charge is -2.21. The maximum Gasteiger partial charge on any atom is 0.0621 e. The van der Waals surface area contributed by atoms with Gasteiger partial charge >= 0.3 is 0 Å². The van der Waals surface area contributed by atoms with Gasteiger partial charge in [0.2, 0.25) is 0 Å². The van der Waals surface area contributed by atoms with Crippen LogP contribution < -0.4 is 0 Å². The minimum atomic E-state index is 0.176. The van der Waals surface area contributed by atoms with Crippen molar-refractivity contribution in [1.29, 1.82) is 0 Å². The Kier molecular flexibility index (Phi) is 6.91. The summed E-state index contributed by atoms with van der Waals surface area (Å²) in [5, 5.41) is 0.902. The Morgan fingerprint density at radius 3 is 2.41 bits per heavy atom. The lowest BCUT2D eigenvalue weighted by molar-refractivity contribution is 0.418. The van der Waals surface area contributed by atoms with Gasteiger partial charge in [-0.3, -0.25) is 4.98 Å². The third-order valence-corrected chi connectivity index (χ3v) is 3.95. The highest BCUT2D eigenvalue weighted by molar-refractivity contribution is 6.31. The third kappa shape index (κ3) is 4.85. The van der Waals surface area contributed by atoms with Gasteiger partial charge < -0.3 is 0 Å². The lowest BCUT2D eigenvalue weighted by Crippen LogP contribution is -2.17. The average molecular weight is 274 g/mol. The van der Waals surface area contributed by atoms with Crippen LogP contribution in [0.4, 0.5) is 0 Å². The van der Waals surface area contributed by atoms with Crippen molar-refractivity contribution < 1.29 is 0 Å². The molecule has 0 fully saturated rings. The molecule has 96 valence electrons. The zero-order valence-electron chi connectivity index (χ0n) is 10.6. The number of hydrogen-bond donors (Lipinski definition) is 0. The van der Waals surface area contributed by atoms with E-state index in [0.717, 1.165) is 17.0 Å². The molecule has 0 saturated carbocycles. The molecule has 3 heteroatoms. The van der Waals surface area contributed by atoms with Crippen LogP contribution in [-0.2, 0) is 6.42 Å². The summed E-state index contributed by atoms with van der Waals surface area (Å²) in [7, 11) is 0. The van der Waals surface area contributed by atoms with E-state index in [-0.39, 0.29) is 5.38 Å². The summed E-state index contributed by atoms with van der Waals surface area (Å²) >= 11 is 12.6. The Hall–Kier alpha value is -0.270. The number of nitrogens with zero attached hydrogens (tertiary/aromatic N) is 1. The predicted molar refractivity (Wildman–Crippen MR) is 75.9 cm³/mol. The van der Waals surface area contributed by atoms with E-state index in [4.69, 9.17) is 23.2 Å². The molecule has 1 nitrogen and oxygen atoms in total. The molecule has 0 aliphatic rings. The lowest BCUT2D eigenvalue weighted by atomic mass is 9.91. The molecule has 17 heavy (non-hydrogen) atoms. The SMILES string of the molecule is CCCC(CCC)C(Cl)Cc1ccncc1Cl. The molecule has 0 bridgehead atoms. The van der Waals surface area contributed by atoms with Gasteiger partial charge in [-0.25, -0.2) is 0 Å². The zero-order valence-corrected chi connectivity index (χ0v) is 12.1. The van der Waals surface area contributed by atoms with E-state index in [1.165, 1.54) is 25.7 Å². The number of hydrogen-bond acceptors (Lipinski definition) is 1. The van der Waals surface area contributed by atoms with Crippen LogP contribution in [0.5, 0.6) is 0 Å². The van der Waals surface area contributed by atoms with E-state index in [9.17, 15) is 0 Å². The number of alkyl halides is 1. The number of rotatable bonds is 7. The molecule has 0 amide bonds. The van der Waals surface area contributed by atoms with Crippen molar-refractivity contribution in [2.75, 3.05) is 0 Å². The zero-order chi connectivity index (χ0) is 12.7. The van der Waals surface area contributed by atoms with Gasteiger partial charge in [0.1, 0.15) is 0 Å². The number of pyridine rings is 1. The van der Waals surface area contributed by atoms with Crippen LogP contribution in [0, 0.1) is 5.92 Å². The van der Waals surface area contributed by atoms with Crippen molar-refractivity contribution in [3.05, 3.63) is 29.0 Å². The van der Waals surface area contributed by atoms with E-state index >= 15 is 0 Å². The summed E-state index contributed by atoms with van der Waals surface area (Å²) in [5.74, 6) is 0.593. The summed E-state index contributed by atoms with van der Waals surface area (Å²) in [6.45, 7) is 4.43. The van der Waals surface area contributed by atoms with Crippen molar-refractivity contribution in [2.24, 2.45) is 5.92 Å². The molecule has 0 radical (unpaired) electrons. The minimum absolute atomic E-state index is 0.176. The second-order valence-corrected chi connectivity index (χ2v) is 5.49. The van der Waals surface area contributed by atoms with Gasteiger partial charge in [-0.2, -0.15) is 0 Å². The molecule has 1 unspecified atom stereocenters. The first-order chi connectivity index (χ1) is 8.19. The fraction of sp³-hybridized carbons (Fsp3) is 0.643. The van der Waals surface area contributed by atoms with Gasteiger partial charge in [-0.1, -0.05) is 38.3 Å². The Labute approximate surface area is 115 Å². The topological polar surface area (TPSA) is 12.9 Å². The van der Waals surface area contributed by atoms with Gasteiger partial charge in [0.15, 0.2) is 0 Å². The first kappa shape index (κ1) is 14.8. The molecule has 1 aromatic rings. The second kappa shape index (κ2) is 7.94. The van der Waals surface area contributed by atoms with Crippen LogP contribution in [0.2, 0.25) is 5.02 Å². The van der Waals surface area contributed by atoms with Gasteiger partial charge in [0, 0.05) is 17.8 Å². The van der Waals surface area contributed by atoms with Crippen molar-refractivity contribution in [2.45, 2.75) is 51.3 Å². The third-order valence-electron chi connectivity index (χ3n) is 3.10. The van der Waals surface area contributed by atoms with Crippen molar-refractivity contribution >= 4 is 23.2 Å². The average Bonchev–Trinajstić information content (AvgIpc) is 2.32. The first-order valence-electron chi connectivity index (χ1n) is 6.41. The first-order valence-corrected chi connectivity index (χ1v) is 7.22. The standard InChI is InChI=1S/C14H21Cl2N/c1-3-5-11(6-4-2)13(15)9-12-7-8-17-10-14(12)16/h7-8,10-11,13H,3-6,9H2,1-2H3. The second-order valence-electron chi connectivity index (χ2n) is 4.52. The molecule has 0 aliphatic carbocycles. The summed E-state index contributed by atoms with van der Waals surface area (Å²) in [4.78, 5) is 3.99. The van der Waals surface area contributed by atoms with E-state index < -0.39 is 0 Å². The maximum atomic E-state index is 6.53. The molecular formula is C14H21Cl2N. The Bertz CT molecular complexity index is 322. The van der Waals surface area contributed by atoms with Gasteiger partial charge in [0.25, 0.3) is 0 Å². The van der Waals surface area contributed by atoms with E-state index in [2.05, 4.69) is 18.8 Å². The molecule has 0 saturated heterocycles. The number of aromatic nitrogens is 1. The molecule has 0 N–H and O–H groups in total. The van der Waals surface area contributed by atoms with E-state index in [1.54, 1.807) is 12.4 Å². The van der Waals surface area contributed by atoms with Crippen LogP contribution in [-0.4, -0.2) is 10.4 Å². The van der Waals surface area contributed by atoms with Gasteiger partial charge in [0.05, 0.1) is 5.02 Å². The van der Waals surface area contributed by atoms with Crippen LogP contribution >= 0.6 is 23.2 Å². The molecule has 0 aromatic carbocycles. The van der Waals surface area contributed by atoms with Gasteiger partial charge in [-0.15, -0.1) is 11.6 Å². The Morgan fingerprint density at radius 1 is 1.24 bits per heavy atom. The highest BCUT2D eigenvalue weighted by Gasteiger charge is 2.19. The largest absolute Gasteiger partial charge is 0.263 e. The summed E-state index contributed by atoms with van der Waals surface area (Å²) in [5.41, 5.74) is 1.11. The monoisotopic (exact) mass is 273 g/mol.